The topological polar surface area (TPSA) is 61.4 Å². The lowest BCUT2D eigenvalue weighted by Gasteiger charge is -2.47. The average molecular weight is 343 g/mol. The SMILES string of the molecule is O=C1CCC(N2Cc3c(F)ccc(C4CC5CC(C4)N5)c3C2)C(=O)N1. The second-order valence-corrected chi connectivity index (χ2v) is 7.93. The number of rotatable bonds is 2. The zero-order valence-electron chi connectivity index (χ0n) is 14.1. The van der Waals surface area contributed by atoms with Crippen molar-refractivity contribution in [3.8, 4) is 0 Å². The van der Waals surface area contributed by atoms with Crippen LogP contribution >= 0.6 is 0 Å². The molecule has 3 atom stereocenters. The first-order valence-electron chi connectivity index (χ1n) is 9.22. The van der Waals surface area contributed by atoms with Crippen LogP contribution in [-0.4, -0.2) is 34.8 Å². The molecule has 0 radical (unpaired) electrons. The van der Waals surface area contributed by atoms with Gasteiger partial charge in [-0.2, -0.15) is 0 Å². The first kappa shape index (κ1) is 15.5. The van der Waals surface area contributed by atoms with Crippen LogP contribution in [0.5, 0.6) is 0 Å². The fraction of sp³-hybridized carbons (Fsp3) is 0.579. The van der Waals surface area contributed by atoms with Gasteiger partial charge in [-0.1, -0.05) is 6.07 Å². The maximum Gasteiger partial charge on any atom is 0.243 e. The molecule has 2 amide bonds. The molecule has 4 fully saturated rings. The van der Waals surface area contributed by atoms with Gasteiger partial charge in [-0.05, 0) is 48.8 Å². The summed E-state index contributed by atoms with van der Waals surface area (Å²) in [5.74, 6) is -0.137. The molecular weight excluding hydrogens is 321 g/mol. The third kappa shape index (κ3) is 2.50. The summed E-state index contributed by atoms with van der Waals surface area (Å²) in [4.78, 5) is 25.6. The average Bonchev–Trinajstić information content (AvgIpc) is 3.00. The van der Waals surface area contributed by atoms with E-state index in [9.17, 15) is 14.0 Å². The summed E-state index contributed by atoms with van der Waals surface area (Å²) in [5, 5.41) is 5.97. The van der Waals surface area contributed by atoms with Crippen molar-refractivity contribution >= 4 is 11.8 Å². The maximum absolute atomic E-state index is 14.4. The number of benzene rings is 1. The first-order valence-corrected chi connectivity index (χ1v) is 9.22. The lowest BCUT2D eigenvalue weighted by atomic mass is 9.72. The summed E-state index contributed by atoms with van der Waals surface area (Å²) in [6.45, 7) is 1.06. The van der Waals surface area contributed by atoms with Gasteiger partial charge in [0.2, 0.25) is 11.8 Å². The Balaban J connectivity index is 1.42. The number of amides is 2. The van der Waals surface area contributed by atoms with Crippen LogP contribution in [-0.2, 0) is 22.7 Å². The lowest BCUT2D eigenvalue weighted by Crippen LogP contribution is -2.57. The summed E-state index contributed by atoms with van der Waals surface area (Å²) >= 11 is 0. The second kappa shape index (κ2) is 5.61. The molecule has 5 aliphatic rings. The van der Waals surface area contributed by atoms with Gasteiger partial charge in [-0.3, -0.25) is 19.8 Å². The number of nitrogens with zero attached hydrogens (tertiary/aromatic N) is 1. The molecule has 3 unspecified atom stereocenters. The monoisotopic (exact) mass is 343 g/mol. The van der Waals surface area contributed by atoms with Crippen LogP contribution in [0.4, 0.5) is 4.39 Å². The Hall–Kier alpha value is -1.79. The normalized spacial score (nSPS) is 34.4. The van der Waals surface area contributed by atoms with E-state index in [2.05, 4.69) is 10.6 Å². The lowest BCUT2D eigenvalue weighted by molar-refractivity contribution is -0.137. The summed E-state index contributed by atoms with van der Waals surface area (Å²) in [6.07, 6.45) is 4.38. The molecule has 1 aliphatic carbocycles. The fourth-order valence-corrected chi connectivity index (χ4v) is 5.15. The van der Waals surface area contributed by atoms with Crippen molar-refractivity contribution in [3.05, 3.63) is 34.6 Å². The molecule has 132 valence electrons. The molecule has 2 N–H and O–H groups in total. The Labute approximate surface area is 146 Å². The van der Waals surface area contributed by atoms with Crippen molar-refractivity contribution in [3.63, 3.8) is 0 Å². The van der Waals surface area contributed by atoms with Gasteiger partial charge in [-0.15, -0.1) is 0 Å². The second-order valence-electron chi connectivity index (χ2n) is 7.93. The van der Waals surface area contributed by atoms with Gasteiger partial charge in [0, 0.05) is 37.2 Å². The minimum absolute atomic E-state index is 0.173. The van der Waals surface area contributed by atoms with E-state index in [1.807, 2.05) is 11.0 Å². The molecule has 1 saturated carbocycles. The van der Waals surface area contributed by atoms with Crippen LogP contribution in [0.2, 0.25) is 0 Å². The van der Waals surface area contributed by atoms with E-state index in [1.165, 1.54) is 12.0 Å². The molecule has 5 nitrogen and oxygen atoms in total. The van der Waals surface area contributed by atoms with E-state index >= 15 is 0 Å². The molecule has 2 bridgehead atoms. The molecule has 0 aromatic heterocycles. The summed E-state index contributed by atoms with van der Waals surface area (Å²) < 4.78 is 14.4. The predicted octanol–water partition coefficient (Wildman–Crippen LogP) is 1.55. The van der Waals surface area contributed by atoms with Crippen LogP contribution in [0.25, 0.3) is 0 Å². The number of fused-ring (bicyclic) bond motifs is 3. The Morgan fingerprint density at radius 2 is 1.76 bits per heavy atom. The quantitative estimate of drug-likeness (QED) is 0.800. The van der Waals surface area contributed by atoms with Crippen molar-refractivity contribution < 1.29 is 14.0 Å². The van der Waals surface area contributed by atoms with Gasteiger partial charge < -0.3 is 5.32 Å². The van der Waals surface area contributed by atoms with Crippen molar-refractivity contribution in [2.75, 3.05) is 0 Å². The van der Waals surface area contributed by atoms with Crippen LogP contribution in [0.15, 0.2) is 12.1 Å². The fourth-order valence-electron chi connectivity index (χ4n) is 5.15. The molecule has 6 rings (SSSR count). The third-order valence-electron chi connectivity index (χ3n) is 6.40. The van der Waals surface area contributed by atoms with Crippen LogP contribution in [0, 0.1) is 5.82 Å². The van der Waals surface area contributed by atoms with E-state index < -0.39 is 0 Å². The minimum Gasteiger partial charge on any atom is -0.311 e. The number of halogens is 1. The Kier molecular flexibility index (Phi) is 3.47. The molecule has 4 heterocycles. The molecule has 0 spiro atoms. The van der Waals surface area contributed by atoms with E-state index in [0.717, 1.165) is 24.0 Å². The number of hydrogen-bond donors (Lipinski definition) is 2. The highest BCUT2D eigenvalue weighted by Gasteiger charge is 2.41. The Morgan fingerprint density at radius 3 is 2.48 bits per heavy atom. The smallest absolute Gasteiger partial charge is 0.243 e. The Morgan fingerprint density at radius 1 is 1.04 bits per heavy atom. The maximum atomic E-state index is 14.4. The van der Waals surface area contributed by atoms with Gasteiger partial charge in [-0.25, -0.2) is 4.39 Å². The highest BCUT2D eigenvalue weighted by Crippen LogP contribution is 2.43. The molecular formula is C19H22FN3O2. The van der Waals surface area contributed by atoms with E-state index in [1.54, 1.807) is 6.07 Å². The molecule has 6 heteroatoms. The van der Waals surface area contributed by atoms with Gasteiger partial charge in [0.05, 0.1) is 6.04 Å². The zero-order valence-corrected chi connectivity index (χ0v) is 14.1. The number of hydrogen-bond acceptors (Lipinski definition) is 4. The zero-order chi connectivity index (χ0) is 17.1. The number of nitrogens with one attached hydrogen (secondary N) is 2. The van der Waals surface area contributed by atoms with Crippen LogP contribution < -0.4 is 10.6 Å². The molecule has 1 aromatic carbocycles. The number of imide groups is 1. The van der Waals surface area contributed by atoms with Crippen molar-refractivity contribution in [2.24, 2.45) is 0 Å². The molecule has 25 heavy (non-hydrogen) atoms. The summed E-state index contributed by atoms with van der Waals surface area (Å²) in [7, 11) is 0. The van der Waals surface area contributed by atoms with Crippen molar-refractivity contribution in [1.82, 2.24) is 15.5 Å². The van der Waals surface area contributed by atoms with Gasteiger partial charge in [0.25, 0.3) is 0 Å². The molecule has 3 saturated heterocycles. The van der Waals surface area contributed by atoms with Crippen LogP contribution in [0.3, 0.4) is 0 Å². The first-order chi connectivity index (χ1) is 12.1. The van der Waals surface area contributed by atoms with Crippen molar-refractivity contribution in [2.45, 2.75) is 69.2 Å². The van der Waals surface area contributed by atoms with Gasteiger partial charge in [0.1, 0.15) is 5.82 Å². The third-order valence-corrected chi connectivity index (χ3v) is 6.40. The number of carbonyl (C=O) groups excluding carboxylic acids is 2. The predicted molar refractivity (Wildman–Crippen MR) is 89.1 cm³/mol. The molecule has 1 aromatic rings. The molecule has 4 aliphatic heterocycles. The van der Waals surface area contributed by atoms with Crippen molar-refractivity contribution in [1.29, 1.82) is 0 Å². The Bertz CT molecular complexity index is 749. The van der Waals surface area contributed by atoms with E-state index in [-0.39, 0.29) is 23.7 Å². The van der Waals surface area contributed by atoms with E-state index in [4.69, 9.17) is 0 Å². The summed E-state index contributed by atoms with van der Waals surface area (Å²) in [5.41, 5.74) is 3.09. The highest BCUT2D eigenvalue weighted by atomic mass is 19.1. The highest BCUT2D eigenvalue weighted by molar-refractivity contribution is 6.00. The standard InChI is InChI=1S/C19H22FN3O2/c20-16-2-1-13(10-5-11-7-12(6-10)21-11)14-8-23(9-15(14)16)17-3-4-18(24)22-19(17)25/h1-2,10-12,17,21H,3-9H2,(H,22,24,25). The van der Waals surface area contributed by atoms with E-state index in [0.29, 0.717) is 43.9 Å². The number of carbonyl (C=O) groups is 2. The minimum atomic E-state index is -0.334. The van der Waals surface area contributed by atoms with Crippen LogP contribution in [0.1, 0.15) is 54.7 Å². The number of piperidine rings is 2. The van der Waals surface area contributed by atoms with Gasteiger partial charge in [0.15, 0.2) is 0 Å². The summed E-state index contributed by atoms with van der Waals surface area (Å²) in [6, 6.07) is 4.43. The largest absolute Gasteiger partial charge is 0.311 e. The van der Waals surface area contributed by atoms with Gasteiger partial charge >= 0.3 is 0 Å².